The largest absolute Gasteiger partial charge is 0.481 e. The third-order valence-corrected chi connectivity index (χ3v) is 5.01. The van der Waals surface area contributed by atoms with E-state index in [1.807, 2.05) is 6.07 Å². The van der Waals surface area contributed by atoms with E-state index in [1.54, 1.807) is 13.0 Å². The van der Waals surface area contributed by atoms with E-state index in [2.05, 4.69) is 0 Å². The molecule has 1 aromatic carbocycles. The van der Waals surface area contributed by atoms with Crippen molar-refractivity contribution in [3.05, 3.63) is 29.8 Å². The smallest absolute Gasteiger partial charge is 0.304 e. The molecule has 7 heteroatoms. The Morgan fingerprint density at radius 2 is 2.05 bits per heavy atom. The van der Waals surface area contributed by atoms with Gasteiger partial charge in [0.15, 0.2) is 0 Å². The van der Waals surface area contributed by atoms with Gasteiger partial charge in [0, 0.05) is 12.6 Å². The summed E-state index contributed by atoms with van der Waals surface area (Å²) in [6.45, 7) is 3.30. The zero-order valence-corrected chi connectivity index (χ0v) is 12.1. The van der Waals surface area contributed by atoms with Gasteiger partial charge in [-0.2, -0.15) is 9.57 Å². The molecule has 0 aliphatic heterocycles. The molecule has 0 bridgehead atoms. The summed E-state index contributed by atoms with van der Waals surface area (Å²) >= 11 is 0. The number of rotatable bonds is 6. The van der Waals surface area contributed by atoms with Crippen LogP contribution < -0.4 is 0 Å². The number of hydrogen-bond donors (Lipinski definition) is 1. The Kier molecular flexibility index (Phi) is 5.25. The summed E-state index contributed by atoms with van der Waals surface area (Å²) < 4.78 is 26.2. The number of sulfonamides is 1. The van der Waals surface area contributed by atoms with E-state index in [9.17, 15) is 13.2 Å². The van der Waals surface area contributed by atoms with Gasteiger partial charge in [-0.1, -0.05) is 19.1 Å². The third kappa shape index (κ3) is 3.35. The van der Waals surface area contributed by atoms with E-state index in [4.69, 9.17) is 10.4 Å². The van der Waals surface area contributed by atoms with E-state index in [1.165, 1.54) is 25.1 Å². The fourth-order valence-corrected chi connectivity index (χ4v) is 3.77. The van der Waals surface area contributed by atoms with E-state index in [0.29, 0.717) is 0 Å². The maximum absolute atomic E-state index is 12.5. The maximum atomic E-state index is 12.5. The molecule has 0 aliphatic rings. The highest BCUT2D eigenvalue weighted by molar-refractivity contribution is 7.89. The zero-order valence-electron chi connectivity index (χ0n) is 11.3. The minimum atomic E-state index is -3.89. The minimum Gasteiger partial charge on any atom is -0.481 e. The van der Waals surface area contributed by atoms with Crippen molar-refractivity contribution in [2.75, 3.05) is 6.54 Å². The number of nitriles is 1. The molecule has 0 fully saturated rings. The predicted octanol–water partition coefficient (Wildman–Crippen LogP) is 1.43. The van der Waals surface area contributed by atoms with Crippen LogP contribution in [0.15, 0.2) is 29.2 Å². The molecule has 6 nitrogen and oxygen atoms in total. The number of nitrogens with zero attached hydrogens (tertiary/aromatic N) is 2. The molecule has 1 unspecified atom stereocenters. The van der Waals surface area contributed by atoms with Gasteiger partial charge in [0.25, 0.3) is 0 Å². The molecule has 0 amide bonds. The van der Waals surface area contributed by atoms with Crippen LogP contribution >= 0.6 is 0 Å². The fraction of sp³-hybridized carbons (Fsp3) is 0.385. The summed E-state index contributed by atoms with van der Waals surface area (Å²) in [5.41, 5.74) is 0.0495. The van der Waals surface area contributed by atoms with Gasteiger partial charge in [-0.25, -0.2) is 8.42 Å². The molecule has 1 rings (SSSR count). The van der Waals surface area contributed by atoms with Crippen molar-refractivity contribution in [3.63, 3.8) is 0 Å². The Morgan fingerprint density at radius 1 is 1.45 bits per heavy atom. The van der Waals surface area contributed by atoms with Gasteiger partial charge in [0.05, 0.1) is 16.9 Å². The van der Waals surface area contributed by atoms with E-state index in [0.717, 1.165) is 4.31 Å². The second kappa shape index (κ2) is 6.50. The highest BCUT2D eigenvalue weighted by atomic mass is 32.2. The van der Waals surface area contributed by atoms with Crippen LogP contribution in [0.3, 0.4) is 0 Å². The SMILES string of the molecule is CCN(C(C)CC(=O)O)S(=O)(=O)c1ccccc1C#N. The quantitative estimate of drug-likeness (QED) is 0.856. The van der Waals surface area contributed by atoms with Crippen LogP contribution in [0.5, 0.6) is 0 Å². The van der Waals surface area contributed by atoms with Crippen molar-refractivity contribution < 1.29 is 18.3 Å². The molecule has 0 spiro atoms. The summed E-state index contributed by atoms with van der Waals surface area (Å²) in [5.74, 6) is -1.07. The van der Waals surface area contributed by atoms with Crippen LogP contribution in [0.25, 0.3) is 0 Å². The second-order valence-electron chi connectivity index (χ2n) is 4.26. The van der Waals surface area contributed by atoms with Gasteiger partial charge in [0.1, 0.15) is 6.07 Å². The second-order valence-corrected chi connectivity index (χ2v) is 6.12. The molecule has 108 valence electrons. The predicted molar refractivity (Wildman–Crippen MR) is 72.4 cm³/mol. The Morgan fingerprint density at radius 3 is 2.55 bits per heavy atom. The van der Waals surface area contributed by atoms with E-state index in [-0.39, 0.29) is 23.4 Å². The van der Waals surface area contributed by atoms with Crippen LogP contribution in [-0.4, -0.2) is 36.4 Å². The Hall–Kier alpha value is -1.91. The van der Waals surface area contributed by atoms with Gasteiger partial charge in [0.2, 0.25) is 10.0 Å². The topological polar surface area (TPSA) is 98.5 Å². The maximum Gasteiger partial charge on any atom is 0.304 e. The highest BCUT2D eigenvalue weighted by Crippen LogP contribution is 2.22. The zero-order chi connectivity index (χ0) is 15.3. The molecular weight excluding hydrogens is 280 g/mol. The van der Waals surface area contributed by atoms with Crippen LogP contribution in [0, 0.1) is 11.3 Å². The summed E-state index contributed by atoms with van der Waals surface area (Å²) in [5, 5.41) is 17.8. The molecule has 0 aromatic heterocycles. The molecule has 1 aromatic rings. The van der Waals surface area contributed by atoms with E-state index < -0.39 is 22.0 Å². The van der Waals surface area contributed by atoms with Crippen molar-refractivity contribution in [1.29, 1.82) is 5.26 Å². The molecule has 0 aliphatic carbocycles. The third-order valence-electron chi connectivity index (χ3n) is 2.87. The Balaban J connectivity index is 3.26. The molecule has 0 saturated heterocycles. The first-order valence-corrected chi connectivity index (χ1v) is 7.51. The highest BCUT2D eigenvalue weighted by Gasteiger charge is 2.30. The molecule has 20 heavy (non-hydrogen) atoms. The summed E-state index contributed by atoms with van der Waals surface area (Å²) in [6.07, 6.45) is -0.290. The van der Waals surface area contributed by atoms with Gasteiger partial charge < -0.3 is 5.11 Å². The van der Waals surface area contributed by atoms with Crippen molar-refractivity contribution in [2.45, 2.75) is 31.2 Å². The Labute approximate surface area is 118 Å². The molecule has 0 heterocycles. The monoisotopic (exact) mass is 296 g/mol. The number of carbonyl (C=O) groups is 1. The molecule has 0 saturated carbocycles. The summed E-state index contributed by atoms with van der Waals surface area (Å²) in [7, 11) is -3.89. The molecule has 1 N–H and O–H groups in total. The lowest BCUT2D eigenvalue weighted by molar-refractivity contribution is -0.137. The summed E-state index contributed by atoms with van der Waals surface area (Å²) in [6, 6.07) is 7.03. The number of aliphatic carboxylic acids is 1. The number of carboxylic acids is 1. The van der Waals surface area contributed by atoms with Crippen molar-refractivity contribution in [3.8, 4) is 6.07 Å². The van der Waals surface area contributed by atoms with E-state index >= 15 is 0 Å². The molecule has 1 atom stereocenters. The standard InChI is InChI=1S/C13H16N2O4S/c1-3-15(10(2)8-13(16)17)20(18,19)12-7-5-4-6-11(12)9-14/h4-7,10H,3,8H2,1-2H3,(H,16,17). The average molecular weight is 296 g/mol. The Bertz CT molecular complexity index is 634. The van der Waals surface area contributed by atoms with Gasteiger partial charge in [-0.15, -0.1) is 0 Å². The normalized spacial score (nSPS) is 12.9. The molecule has 0 radical (unpaired) electrons. The van der Waals surface area contributed by atoms with Crippen LogP contribution in [0.2, 0.25) is 0 Å². The first-order valence-electron chi connectivity index (χ1n) is 6.07. The van der Waals surface area contributed by atoms with Crippen molar-refractivity contribution in [1.82, 2.24) is 4.31 Å². The number of benzene rings is 1. The van der Waals surface area contributed by atoms with Crippen LogP contribution in [0.1, 0.15) is 25.8 Å². The summed E-state index contributed by atoms with van der Waals surface area (Å²) in [4.78, 5) is 10.6. The lowest BCUT2D eigenvalue weighted by Gasteiger charge is -2.26. The van der Waals surface area contributed by atoms with Gasteiger partial charge in [-0.05, 0) is 19.1 Å². The molecular formula is C13H16N2O4S. The fourth-order valence-electron chi connectivity index (χ4n) is 1.98. The van der Waals surface area contributed by atoms with Crippen LogP contribution in [-0.2, 0) is 14.8 Å². The first-order chi connectivity index (χ1) is 9.34. The average Bonchev–Trinajstić information content (AvgIpc) is 2.38. The minimum absolute atomic E-state index is 0.0495. The van der Waals surface area contributed by atoms with Gasteiger partial charge in [-0.3, -0.25) is 4.79 Å². The van der Waals surface area contributed by atoms with Gasteiger partial charge >= 0.3 is 5.97 Å². The first kappa shape index (κ1) is 16.1. The van der Waals surface area contributed by atoms with Crippen LogP contribution in [0.4, 0.5) is 0 Å². The lowest BCUT2D eigenvalue weighted by Crippen LogP contribution is -2.39. The number of carboxylic acid groups (broad SMARTS) is 1. The van der Waals surface area contributed by atoms with Crippen molar-refractivity contribution >= 4 is 16.0 Å². The lowest BCUT2D eigenvalue weighted by atomic mass is 10.2. The van der Waals surface area contributed by atoms with Crippen molar-refractivity contribution in [2.24, 2.45) is 0 Å². The number of hydrogen-bond acceptors (Lipinski definition) is 4.